The molecule has 106 valence electrons. The van der Waals surface area contributed by atoms with E-state index in [4.69, 9.17) is 5.11 Å². The molecule has 3 rings (SSSR count). The van der Waals surface area contributed by atoms with Crippen LogP contribution in [-0.4, -0.2) is 36.6 Å². The summed E-state index contributed by atoms with van der Waals surface area (Å²) < 4.78 is 0. The second kappa shape index (κ2) is 5.25. The molecule has 1 amide bonds. The van der Waals surface area contributed by atoms with Gasteiger partial charge in [-0.25, -0.2) is 4.79 Å². The molecule has 1 aromatic carbocycles. The van der Waals surface area contributed by atoms with Gasteiger partial charge in [-0.3, -0.25) is 4.79 Å². The van der Waals surface area contributed by atoms with E-state index < -0.39 is 5.97 Å². The molecule has 0 bridgehead atoms. The summed E-state index contributed by atoms with van der Waals surface area (Å²) in [5.41, 5.74) is 2.08. The number of aromatic carboxylic acids is 1. The predicted molar refractivity (Wildman–Crippen MR) is 75.1 cm³/mol. The van der Waals surface area contributed by atoms with Gasteiger partial charge >= 0.3 is 5.97 Å². The van der Waals surface area contributed by atoms with Crippen LogP contribution in [0, 0.1) is 5.92 Å². The molecule has 20 heavy (non-hydrogen) atoms. The number of amides is 1. The molecule has 5 heteroatoms. The molecule has 0 aromatic heterocycles. The molecular weight excluding hydrogens is 256 g/mol. The van der Waals surface area contributed by atoms with E-state index in [9.17, 15) is 9.59 Å². The summed E-state index contributed by atoms with van der Waals surface area (Å²) in [7, 11) is 0. The van der Waals surface area contributed by atoms with Crippen molar-refractivity contribution in [2.45, 2.75) is 19.3 Å². The van der Waals surface area contributed by atoms with E-state index >= 15 is 0 Å². The molecule has 0 saturated heterocycles. The van der Waals surface area contributed by atoms with Crippen LogP contribution in [0.2, 0.25) is 0 Å². The largest absolute Gasteiger partial charge is 0.478 e. The van der Waals surface area contributed by atoms with Gasteiger partial charge < -0.3 is 15.3 Å². The predicted octanol–water partition coefficient (Wildman–Crippen LogP) is 1.27. The Balaban J connectivity index is 1.65. The van der Waals surface area contributed by atoms with Crippen LogP contribution >= 0.6 is 0 Å². The zero-order chi connectivity index (χ0) is 14.1. The van der Waals surface area contributed by atoms with Crippen LogP contribution in [-0.2, 0) is 11.2 Å². The van der Waals surface area contributed by atoms with Crippen LogP contribution in [0.5, 0.6) is 0 Å². The number of carbonyl (C=O) groups excluding carboxylic acids is 1. The number of hydrogen-bond acceptors (Lipinski definition) is 3. The van der Waals surface area contributed by atoms with Gasteiger partial charge in [-0.2, -0.15) is 0 Å². The lowest BCUT2D eigenvalue weighted by Gasteiger charge is -2.17. The summed E-state index contributed by atoms with van der Waals surface area (Å²) in [5.74, 6) is -0.108. The van der Waals surface area contributed by atoms with E-state index in [0.29, 0.717) is 13.1 Å². The Labute approximate surface area is 117 Å². The highest BCUT2D eigenvalue weighted by Gasteiger charge is 2.26. The normalized spacial score (nSPS) is 17.1. The van der Waals surface area contributed by atoms with Crippen molar-refractivity contribution in [1.82, 2.24) is 5.32 Å². The summed E-state index contributed by atoms with van der Waals surface area (Å²) >= 11 is 0. The molecule has 0 spiro atoms. The molecule has 0 unspecified atom stereocenters. The first-order chi connectivity index (χ1) is 9.65. The third kappa shape index (κ3) is 2.67. The molecule has 1 aliphatic heterocycles. The van der Waals surface area contributed by atoms with Gasteiger partial charge in [0.05, 0.1) is 12.1 Å². The summed E-state index contributed by atoms with van der Waals surface area (Å²) in [6, 6.07) is 4.97. The molecular formula is C15H18N2O3. The molecule has 0 atom stereocenters. The van der Waals surface area contributed by atoms with E-state index in [1.54, 1.807) is 23.1 Å². The lowest BCUT2D eigenvalue weighted by atomic mass is 10.1. The quantitative estimate of drug-likeness (QED) is 0.848. The SMILES string of the molecule is O=C(O)c1ccc2c(c1)CCN2C(=O)CNCC1CC1. The molecule has 1 heterocycles. The molecule has 1 fully saturated rings. The van der Waals surface area contributed by atoms with Crippen molar-refractivity contribution in [3.05, 3.63) is 29.3 Å². The van der Waals surface area contributed by atoms with E-state index in [2.05, 4.69) is 5.32 Å². The number of carboxylic acids is 1. The maximum Gasteiger partial charge on any atom is 0.335 e. The smallest absolute Gasteiger partial charge is 0.335 e. The summed E-state index contributed by atoms with van der Waals surface area (Å²) in [6.07, 6.45) is 3.27. The molecule has 5 nitrogen and oxygen atoms in total. The highest BCUT2D eigenvalue weighted by atomic mass is 16.4. The first-order valence-corrected chi connectivity index (χ1v) is 7.02. The third-order valence-electron chi connectivity index (χ3n) is 3.93. The van der Waals surface area contributed by atoms with Crippen LogP contribution in [0.4, 0.5) is 5.69 Å². The van der Waals surface area contributed by atoms with E-state index in [-0.39, 0.29) is 11.5 Å². The van der Waals surface area contributed by atoms with Crippen molar-refractivity contribution in [2.75, 3.05) is 24.5 Å². The fraction of sp³-hybridized carbons (Fsp3) is 0.467. The minimum Gasteiger partial charge on any atom is -0.478 e. The van der Waals surface area contributed by atoms with Crippen molar-refractivity contribution in [1.29, 1.82) is 0 Å². The molecule has 0 radical (unpaired) electrons. The maximum absolute atomic E-state index is 12.2. The summed E-state index contributed by atoms with van der Waals surface area (Å²) in [6.45, 7) is 1.92. The fourth-order valence-corrected chi connectivity index (χ4v) is 2.59. The molecule has 2 N–H and O–H groups in total. The molecule has 2 aliphatic rings. The average molecular weight is 274 g/mol. The summed E-state index contributed by atoms with van der Waals surface area (Å²) in [5, 5.41) is 12.2. The second-order valence-corrected chi connectivity index (χ2v) is 5.52. The minimum atomic E-state index is -0.927. The van der Waals surface area contributed by atoms with Crippen molar-refractivity contribution >= 4 is 17.6 Å². The topological polar surface area (TPSA) is 69.6 Å². The zero-order valence-electron chi connectivity index (χ0n) is 11.3. The van der Waals surface area contributed by atoms with Gasteiger partial charge in [-0.1, -0.05) is 0 Å². The van der Waals surface area contributed by atoms with Gasteiger partial charge in [-0.05, 0) is 55.5 Å². The van der Waals surface area contributed by atoms with Crippen LogP contribution in [0.1, 0.15) is 28.8 Å². The van der Waals surface area contributed by atoms with Crippen LogP contribution in [0.3, 0.4) is 0 Å². The van der Waals surface area contributed by atoms with Gasteiger partial charge in [-0.15, -0.1) is 0 Å². The monoisotopic (exact) mass is 274 g/mol. The molecule has 1 saturated carbocycles. The number of nitrogens with one attached hydrogen (secondary N) is 1. The number of rotatable bonds is 5. The number of nitrogens with zero attached hydrogens (tertiary/aromatic N) is 1. The lowest BCUT2D eigenvalue weighted by Crippen LogP contribution is -2.37. The first kappa shape index (κ1) is 13.1. The second-order valence-electron chi connectivity index (χ2n) is 5.52. The number of hydrogen-bond donors (Lipinski definition) is 2. The Hall–Kier alpha value is -1.88. The van der Waals surface area contributed by atoms with Crippen LogP contribution in [0.15, 0.2) is 18.2 Å². The van der Waals surface area contributed by atoms with Gasteiger partial charge in [0.15, 0.2) is 0 Å². The summed E-state index contributed by atoms with van der Waals surface area (Å²) in [4.78, 5) is 24.9. The Morgan fingerprint density at radius 3 is 2.85 bits per heavy atom. The van der Waals surface area contributed by atoms with Crippen molar-refractivity contribution in [2.24, 2.45) is 5.92 Å². The number of carboxylic acid groups (broad SMARTS) is 1. The Morgan fingerprint density at radius 2 is 2.15 bits per heavy atom. The van der Waals surface area contributed by atoms with Crippen LogP contribution < -0.4 is 10.2 Å². The number of anilines is 1. The van der Waals surface area contributed by atoms with Crippen molar-refractivity contribution in [3.63, 3.8) is 0 Å². The lowest BCUT2D eigenvalue weighted by molar-refractivity contribution is -0.117. The van der Waals surface area contributed by atoms with Gasteiger partial charge in [0.2, 0.25) is 5.91 Å². The van der Waals surface area contributed by atoms with Gasteiger partial charge in [0, 0.05) is 12.2 Å². The van der Waals surface area contributed by atoms with E-state index in [0.717, 1.165) is 30.1 Å². The highest BCUT2D eigenvalue weighted by Crippen LogP contribution is 2.29. The van der Waals surface area contributed by atoms with Crippen molar-refractivity contribution in [3.8, 4) is 0 Å². The third-order valence-corrected chi connectivity index (χ3v) is 3.93. The highest BCUT2D eigenvalue weighted by molar-refractivity contribution is 5.98. The average Bonchev–Trinajstić information content (AvgIpc) is 3.15. The minimum absolute atomic E-state index is 0.0625. The van der Waals surface area contributed by atoms with Gasteiger partial charge in [0.25, 0.3) is 0 Å². The Morgan fingerprint density at radius 1 is 1.35 bits per heavy atom. The number of benzene rings is 1. The first-order valence-electron chi connectivity index (χ1n) is 7.02. The number of fused-ring (bicyclic) bond motifs is 1. The van der Waals surface area contributed by atoms with E-state index in [1.807, 2.05) is 0 Å². The standard InChI is InChI=1S/C15H18N2O3/c18-14(9-16-8-10-1-2-10)17-6-5-11-7-12(15(19)20)3-4-13(11)17/h3-4,7,10,16H,1-2,5-6,8-9H2,(H,19,20). The fourth-order valence-electron chi connectivity index (χ4n) is 2.59. The molecule has 1 aliphatic carbocycles. The Kier molecular flexibility index (Phi) is 3.44. The zero-order valence-corrected chi connectivity index (χ0v) is 11.3. The van der Waals surface area contributed by atoms with Crippen molar-refractivity contribution < 1.29 is 14.7 Å². The van der Waals surface area contributed by atoms with Gasteiger partial charge in [0.1, 0.15) is 0 Å². The number of carbonyl (C=O) groups is 2. The van der Waals surface area contributed by atoms with E-state index in [1.165, 1.54) is 12.8 Å². The molecule has 1 aromatic rings. The van der Waals surface area contributed by atoms with Crippen LogP contribution in [0.25, 0.3) is 0 Å². The Bertz CT molecular complexity index is 552. The maximum atomic E-state index is 12.2.